The van der Waals surface area contributed by atoms with Gasteiger partial charge in [-0.15, -0.1) is 0 Å². The summed E-state index contributed by atoms with van der Waals surface area (Å²) in [7, 11) is 0. The zero-order valence-electron chi connectivity index (χ0n) is 22.9. The molecule has 0 unspecified atom stereocenters. The highest BCUT2D eigenvalue weighted by molar-refractivity contribution is 5.72. The molecule has 2 saturated carbocycles. The van der Waals surface area contributed by atoms with Crippen LogP contribution in [-0.2, 0) is 42.8 Å². The Labute approximate surface area is 219 Å². The predicted octanol–water partition coefficient (Wildman–Crippen LogP) is 3.41. The van der Waals surface area contributed by atoms with Crippen molar-refractivity contribution in [1.29, 1.82) is 0 Å². The summed E-state index contributed by atoms with van der Waals surface area (Å²) in [6.45, 7) is 12.0. The summed E-state index contributed by atoms with van der Waals surface area (Å²) in [5.41, 5.74) is -2.10. The SMILES string of the molecule is CC(=O)OC[C@@]12[C@@H](OC(C)=O)C[C@@H](C)[C@](C)([C@@H]3C[C@H]4CCO[C@H]4O3)[C@H]1CC[C@H](OC(=O)C(C)C)[C@]21CO1. The number of ether oxygens (including phenoxy) is 6. The van der Waals surface area contributed by atoms with Crippen molar-refractivity contribution in [3.63, 3.8) is 0 Å². The van der Waals surface area contributed by atoms with Crippen molar-refractivity contribution >= 4 is 17.9 Å². The Morgan fingerprint density at radius 3 is 2.32 bits per heavy atom. The van der Waals surface area contributed by atoms with Gasteiger partial charge in [0.15, 0.2) is 6.29 Å². The Morgan fingerprint density at radius 2 is 1.73 bits per heavy atom. The molecule has 208 valence electrons. The van der Waals surface area contributed by atoms with Gasteiger partial charge in [-0.25, -0.2) is 0 Å². The molecule has 9 heteroatoms. The molecule has 0 aromatic rings. The Kier molecular flexibility index (Phi) is 6.89. The fourth-order valence-electron chi connectivity index (χ4n) is 8.17. The van der Waals surface area contributed by atoms with E-state index in [1.54, 1.807) is 13.8 Å². The van der Waals surface area contributed by atoms with Crippen LogP contribution in [0.15, 0.2) is 0 Å². The van der Waals surface area contributed by atoms with E-state index in [9.17, 15) is 14.4 Å². The molecule has 0 N–H and O–H groups in total. The van der Waals surface area contributed by atoms with Crippen LogP contribution >= 0.6 is 0 Å². The first kappa shape index (κ1) is 26.9. The van der Waals surface area contributed by atoms with E-state index in [1.165, 1.54) is 13.8 Å². The molecule has 2 aliphatic carbocycles. The molecule has 0 aromatic carbocycles. The number of esters is 3. The van der Waals surface area contributed by atoms with Gasteiger partial charge in [0, 0.05) is 25.2 Å². The largest absolute Gasteiger partial charge is 0.465 e. The van der Waals surface area contributed by atoms with Crippen LogP contribution in [0.5, 0.6) is 0 Å². The minimum absolute atomic E-state index is 0.0268. The summed E-state index contributed by atoms with van der Waals surface area (Å²) in [4.78, 5) is 37.3. The first-order chi connectivity index (χ1) is 17.5. The molecule has 10 atom stereocenters. The lowest BCUT2D eigenvalue weighted by atomic mass is 9.42. The molecule has 5 rings (SSSR count). The standard InChI is InChI=1S/C28H42O9/c1-15(2)24(31)36-21-8-7-20-26(6,22-12-19-9-10-32-25(19)37-22)16(3)11-23(35-18(5)30)27(20,13-33-17(4)29)28(21)14-34-28/h15-16,19-23,25H,7-14H2,1-6H3/t16-,19-,20-,21+,22+,23+,25+,26+,27+,28-/m1/s1. The summed E-state index contributed by atoms with van der Waals surface area (Å²) in [5.74, 6) is -0.913. The fourth-order valence-corrected chi connectivity index (χ4v) is 8.17. The molecule has 5 fully saturated rings. The van der Waals surface area contributed by atoms with Gasteiger partial charge in [0.1, 0.15) is 24.4 Å². The Hall–Kier alpha value is -1.71. The Bertz CT molecular complexity index is 917. The molecule has 3 heterocycles. The molecule has 0 aromatic heterocycles. The highest BCUT2D eigenvalue weighted by atomic mass is 16.7. The molecule has 5 aliphatic rings. The van der Waals surface area contributed by atoms with E-state index in [4.69, 9.17) is 28.4 Å². The molecule has 9 nitrogen and oxygen atoms in total. The number of rotatable bonds is 6. The fraction of sp³-hybridized carbons (Fsp3) is 0.893. The topological polar surface area (TPSA) is 110 Å². The third-order valence-electron chi connectivity index (χ3n) is 10.3. The van der Waals surface area contributed by atoms with Crippen molar-refractivity contribution in [1.82, 2.24) is 0 Å². The van der Waals surface area contributed by atoms with Gasteiger partial charge in [0.2, 0.25) is 0 Å². The maximum absolute atomic E-state index is 12.7. The summed E-state index contributed by atoms with van der Waals surface area (Å²) < 4.78 is 36.6. The molecule has 37 heavy (non-hydrogen) atoms. The van der Waals surface area contributed by atoms with Crippen LogP contribution < -0.4 is 0 Å². The van der Waals surface area contributed by atoms with Gasteiger partial charge < -0.3 is 28.4 Å². The lowest BCUT2D eigenvalue weighted by Gasteiger charge is -2.64. The van der Waals surface area contributed by atoms with Crippen molar-refractivity contribution in [2.75, 3.05) is 19.8 Å². The van der Waals surface area contributed by atoms with E-state index in [0.29, 0.717) is 31.8 Å². The quantitative estimate of drug-likeness (QED) is 0.294. The van der Waals surface area contributed by atoms with Gasteiger partial charge in [0.25, 0.3) is 0 Å². The predicted molar refractivity (Wildman–Crippen MR) is 130 cm³/mol. The van der Waals surface area contributed by atoms with Crippen LogP contribution in [0.1, 0.15) is 73.6 Å². The number of hydrogen-bond donors (Lipinski definition) is 0. The number of hydrogen-bond acceptors (Lipinski definition) is 9. The average Bonchev–Trinajstić information content (AvgIpc) is 3.31. The van der Waals surface area contributed by atoms with Crippen LogP contribution in [-0.4, -0.2) is 67.9 Å². The monoisotopic (exact) mass is 522 g/mol. The summed E-state index contributed by atoms with van der Waals surface area (Å²) in [6.07, 6.45) is 2.48. The summed E-state index contributed by atoms with van der Waals surface area (Å²) >= 11 is 0. The maximum atomic E-state index is 12.7. The number of carbonyl (C=O) groups excluding carboxylic acids is 3. The highest BCUT2D eigenvalue weighted by Crippen LogP contribution is 2.70. The van der Waals surface area contributed by atoms with Crippen LogP contribution in [0.4, 0.5) is 0 Å². The molecule has 1 spiro atoms. The molecule has 0 amide bonds. The first-order valence-corrected chi connectivity index (χ1v) is 13.9. The normalized spacial score (nSPS) is 46.3. The lowest BCUT2D eigenvalue weighted by molar-refractivity contribution is -0.270. The van der Waals surface area contributed by atoms with Crippen molar-refractivity contribution in [3.05, 3.63) is 0 Å². The molecule has 3 saturated heterocycles. The number of carbonyl (C=O) groups is 3. The van der Waals surface area contributed by atoms with Crippen LogP contribution in [0.25, 0.3) is 0 Å². The molecule has 3 aliphatic heterocycles. The second kappa shape index (κ2) is 9.49. The van der Waals surface area contributed by atoms with Gasteiger partial charge in [-0.2, -0.15) is 0 Å². The zero-order valence-corrected chi connectivity index (χ0v) is 22.9. The zero-order chi connectivity index (χ0) is 26.8. The van der Waals surface area contributed by atoms with Gasteiger partial charge in [-0.05, 0) is 43.9 Å². The highest BCUT2D eigenvalue weighted by Gasteiger charge is 2.80. The third kappa shape index (κ3) is 4.11. The second-order valence-corrected chi connectivity index (χ2v) is 12.5. The van der Waals surface area contributed by atoms with Crippen LogP contribution in [0.2, 0.25) is 0 Å². The van der Waals surface area contributed by atoms with E-state index in [-0.39, 0.29) is 54.1 Å². The van der Waals surface area contributed by atoms with Crippen molar-refractivity contribution in [3.8, 4) is 0 Å². The molecular formula is C28H42O9. The average molecular weight is 523 g/mol. The Balaban J connectivity index is 1.60. The van der Waals surface area contributed by atoms with Gasteiger partial charge in [0.05, 0.1) is 30.7 Å². The van der Waals surface area contributed by atoms with Crippen molar-refractivity contribution in [2.24, 2.45) is 34.5 Å². The van der Waals surface area contributed by atoms with Crippen molar-refractivity contribution < 1.29 is 42.8 Å². The van der Waals surface area contributed by atoms with Crippen LogP contribution in [0.3, 0.4) is 0 Å². The van der Waals surface area contributed by atoms with Gasteiger partial charge in [-0.1, -0.05) is 27.7 Å². The van der Waals surface area contributed by atoms with E-state index >= 15 is 0 Å². The number of epoxide rings is 1. The van der Waals surface area contributed by atoms with Crippen molar-refractivity contribution in [2.45, 2.75) is 104 Å². The minimum atomic E-state index is -0.900. The van der Waals surface area contributed by atoms with Gasteiger partial charge >= 0.3 is 17.9 Å². The number of fused-ring (bicyclic) bond motifs is 3. The first-order valence-electron chi connectivity index (χ1n) is 13.9. The maximum Gasteiger partial charge on any atom is 0.308 e. The van der Waals surface area contributed by atoms with E-state index in [2.05, 4.69) is 13.8 Å². The molecule has 0 radical (unpaired) electrons. The van der Waals surface area contributed by atoms with Crippen LogP contribution in [0, 0.1) is 34.5 Å². The smallest absolute Gasteiger partial charge is 0.308 e. The Morgan fingerprint density at radius 1 is 1.00 bits per heavy atom. The lowest BCUT2D eigenvalue weighted by Crippen LogP contribution is -2.72. The summed E-state index contributed by atoms with van der Waals surface area (Å²) in [5, 5.41) is 0. The van der Waals surface area contributed by atoms with E-state index in [0.717, 1.165) is 19.4 Å². The molecule has 0 bridgehead atoms. The molecular weight excluding hydrogens is 480 g/mol. The minimum Gasteiger partial charge on any atom is -0.465 e. The second-order valence-electron chi connectivity index (χ2n) is 12.5. The third-order valence-corrected chi connectivity index (χ3v) is 10.3. The van der Waals surface area contributed by atoms with E-state index in [1.807, 2.05) is 0 Å². The van der Waals surface area contributed by atoms with E-state index < -0.39 is 29.2 Å². The van der Waals surface area contributed by atoms with Gasteiger partial charge in [-0.3, -0.25) is 14.4 Å². The summed E-state index contributed by atoms with van der Waals surface area (Å²) in [6, 6.07) is 0.